The molecular formula is C13H13NO3. The molecule has 0 bridgehead atoms. The summed E-state index contributed by atoms with van der Waals surface area (Å²) in [6, 6.07) is 8.84. The summed E-state index contributed by atoms with van der Waals surface area (Å²) in [5, 5.41) is 0. The quantitative estimate of drug-likeness (QED) is 0.879. The molecule has 0 unspecified atom stereocenters. The van der Waals surface area contributed by atoms with Gasteiger partial charge in [-0.2, -0.15) is 0 Å². The van der Waals surface area contributed by atoms with Gasteiger partial charge in [0.15, 0.2) is 11.5 Å². The molecule has 1 N–H and O–H groups in total. The zero-order valence-corrected chi connectivity index (χ0v) is 9.69. The molecule has 4 heteroatoms. The largest absolute Gasteiger partial charge is 0.493 e. The van der Waals surface area contributed by atoms with E-state index in [0.717, 1.165) is 11.1 Å². The molecule has 0 aliphatic heterocycles. The van der Waals surface area contributed by atoms with Crippen LogP contribution in [0.4, 0.5) is 0 Å². The number of aromatic amines is 1. The van der Waals surface area contributed by atoms with Crippen LogP contribution in [0.1, 0.15) is 0 Å². The number of hydrogen-bond donors (Lipinski definition) is 1. The molecule has 17 heavy (non-hydrogen) atoms. The molecule has 2 rings (SSSR count). The van der Waals surface area contributed by atoms with Gasteiger partial charge in [0, 0.05) is 23.4 Å². The number of H-pyrrole nitrogens is 1. The number of hydrogen-bond acceptors (Lipinski definition) is 3. The highest BCUT2D eigenvalue weighted by molar-refractivity contribution is 5.73. The van der Waals surface area contributed by atoms with Gasteiger partial charge in [0.2, 0.25) is 5.56 Å². The van der Waals surface area contributed by atoms with Crippen molar-refractivity contribution in [3.05, 3.63) is 46.9 Å². The van der Waals surface area contributed by atoms with E-state index in [1.54, 1.807) is 26.5 Å². The first-order valence-corrected chi connectivity index (χ1v) is 5.16. The fraction of sp³-hybridized carbons (Fsp3) is 0.154. The third-order valence-corrected chi connectivity index (χ3v) is 2.50. The fourth-order valence-corrected chi connectivity index (χ4v) is 1.69. The SMILES string of the molecule is COc1cccc(-c2ccc(=O)[nH]c2)c1OC. The third-order valence-electron chi connectivity index (χ3n) is 2.50. The Bertz CT molecular complexity index is 555. The summed E-state index contributed by atoms with van der Waals surface area (Å²) in [5.74, 6) is 1.32. The third kappa shape index (κ3) is 2.15. The van der Waals surface area contributed by atoms with Gasteiger partial charge in [0.1, 0.15) is 0 Å². The van der Waals surface area contributed by atoms with Crippen molar-refractivity contribution in [2.75, 3.05) is 14.2 Å². The zero-order chi connectivity index (χ0) is 12.3. The number of aromatic nitrogens is 1. The Hall–Kier alpha value is -2.23. The lowest BCUT2D eigenvalue weighted by Gasteiger charge is -2.12. The van der Waals surface area contributed by atoms with Crippen molar-refractivity contribution in [2.45, 2.75) is 0 Å². The van der Waals surface area contributed by atoms with Gasteiger partial charge in [-0.05, 0) is 12.1 Å². The number of ether oxygens (including phenoxy) is 2. The molecule has 1 aromatic heterocycles. The van der Waals surface area contributed by atoms with E-state index in [9.17, 15) is 4.79 Å². The lowest BCUT2D eigenvalue weighted by molar-refractivity contribution is 0.356. The minimum absolute atomic E-state index is 0.129. The maximum atomic E-state index is 11.0. The zero-order valence-electron chi connectivity index (χ0n) is 9.69. The number of pyridine rings is 1. The molecule has 0 saturated carbocycles. The molecule has 0 fully saturated rings. The molecule has 1 heterocycles. The second kappa shape index (κ2) is 4.74. The number of rotatable bonds is 3. The average molecular weight is 231 g/mol. The van der Waals surface area contributed by atoms with E-state index in [0.29, 0.717) is 11.5 Å². The topological polar surface area (TPSA) is 51.3 Å². The molecule has 0 aliphatic carbocycles. The summed E-state index contributed by atoms with van der Waals surface area (Å²) in [4.78, 5) is 13.7. The molecule has 0 spiro atoms. The highest BCUT2D eigenvalue weighted by Crippen LogP contribution is 2.36. The van der Waals surface area contributed by atoms with Gasteiger partial charge in [0.25, 0.3) is 0 Å². The van der Waals surface area contributed by atoms with Crippen LogP contribution < -0.4 is 15.0 Å². The first-order chi connectivity index (χ1) is 8.26. The Kier molecular flexibility index (Phi) is 3.14. The Morgan fingerprint density at radius 1 is 1.06 bits per heavy atom. The standard InChI is InChI=1S/C13H13NO3/c1-16-11-5-3-4-10(13(11)17-2)9-6-7-12(15)14-8-9/h3-8H,1-2H3,(H,14,15). The lowest BCUT2D eigenvalue weighted by atomic mass is 10.1. The minimum Gasteiger partial charge on any atom is -0.493 e. The van der Waals surface area contributed by atoms with Crippen LogP contribution in [0.25, 0.3) is 11.1 Å². The van der Waals surface area contributed by atoms with Crippen LogP contribution in [0.5, 0.6) is 11.5 Å². The number of para-hydroxylation sites is 1. The van der Waals surface area contributed by atoms with Crippen molar-refractivity contribution in [1.82, 2.24) is 4.98 Å². The van der Waals surface area contributed by atoms with E-state index >= 15 is 0 Å². The predicted molar refractivity (Wildman–Crippen MR) is 65.6 cm³/mol. The Balaban J connectivity index is 2.58. The van der Waals surface area contributed by atoms with E-state index in [2.05, 4.69) is 4.98 Å². The van der Waals surface area contributed by atoms with Crippen molar-refractivity contribution in [1.29, 1.82) is 0 Å². The van der Waals surface area contributed by atoms with Crippen molar-refractivity contribution >= 4 is 0 Å². The van der Waals surface area contributed by atoms with Gasteiger partial charge in [0.05, 0.1) is 14.2 Å². The maximum Gasteiger partial charge on any atom is 0.247 e. The lowest BCUT2D eigenvalue weighted by Crippen LogP contribution is -2.02. The molecule has 0 amide bonds. The molecule has 0 aliphatic rings. The van der Waals surface area contributed by atoms with Crippen LogP contribution in [-0.4, -0.2) is 19.2 Å². The van der Waals surface area contributed by atoms with Gasteiger partial charge >= 0.3 is 0 Å². The number of methoxy groups -OCH3 is 2. The molecule has 0 radical (unpaired) electrons. The van der Waals surface area contributed by atoms with E-state index in [4.69, 9.17) is 9.47 Å². The summed E-state index contributed by atoms with van der Waals surface area (Å²) in [5.41, 5.74) is 1.62. The monoisotopic (exact) mass is 231 g/mol. The van der Waals surface area contributed by atoms with Crippen LogP contribution in [0.2, 0.25) is 0 Å². The van der Waals surface area contributed by atoms with Gasteiger partial charge in [-0.3, -0.25) is 4.79 Å². The van der Waals surface area contributed by atoms with Crippen molar-refractivity contribution in [3.8, 4) is 22.6 Å². The molecule has 2 aromatic rings. The van der Waals surface area contributed by atoms with Crippen LogP contribution >= 0.6 is 0 Å². The van der Waals surface area contributed by atoms with Crippen molar-refractivity contribution in [3.63, 3.8) is 0 Å². The maximum absolute atomic E-state index is 11.0. The summed E-state index contributed by atoms with van der Waals surface area (Å²) >= 11 is 0. The van der Waals surface area contributed by atoms with Gasteiger partial charge in [-0.25, -0.2) is 0 Å². The number of benzene rings is 1. The second-order valence-corrected chi connectivity index (χ2v) is 3.48. The predicted octanol–water partition coefficient (Wildman–Crippen LogP) is 2.06. The van der Waals surface area contributed by atoms with Crippen LogP contribution in [-0.2, 0) is 0 Å². The van der Waals surface area contributed by atoms with E-state index in [1.165, 1.54) is 6.07 Å². The number of nitrogens with one attached hydrogen (secondary N) is 1. The highest BCUT2D eigenvalue weighted by Gasteiger charge is 2.10. The van der Waals surface area contributed by atoms with E-state index < -0.39 is 0 Å². The Labute approximate surface area is 98.8 Å². The molecule has 0 saturated heterocycles. The molecule has 0 atom stereocenters. The van der Waals surface area contributed by atoms with Crippen LogP contribution in [0.3, 0.4) is 0 Å². The van der Waals surface area contributed by atoms with E-state index in [1.807, 2.05) is 18.2 Å². The van der Waals surface area contributed by atoms with Gasteiger partial charge in [-0.1, -0.05) is 12.1 Å². The van der Waals surface area contributed by atoms with Crippen molar-refractivity contribution in [2.24, 2.45) is 0 Å². The second-order valence-electron chi connectivity index (χ2n) is 3.48. The molecule has 88 valence electrons. The highest BCUT2D eigenvalue weighted by atomic mass is 16.5. The summed E-state index contributed by atoms with van der Waals surface area (Å²) < 4.78 is 10.6. The minimum atomic E-state index is -0.129. The molecular weight excluding hydrogens is 218 g/mol. The summed E-state index contributed by atoms with van der Waals surface area (Å²) in [6.45, 7) is 0. The Morgan fingerprint density at radius 3 is 2.47 bits per heavy atom. The Morgan fingerprint density at radius 2 is 1.88 bits per heavy atom. The average Bonchev–Trinajstić information content (AvgIpc) is 2.38. The molecule has 1 aromatic carbocycles. The smallest absolute Gasteiger partial charge is 0.247 e. The van der Waals surface area contributed by atoms with Crippen molar-refractivity contribution < 1.29 is 9.47 Å². The summed E-state index contributed by atoms with van der Waals surface area (Å²) in [6.07, 6.45) is 1.65. The van der Waals surface area contributed by atoms with E-state index in [-0.39, 0.29) is 5.56 Å². The normalized spacial score (nSPS) is 10.0. The first-order valence-electron chi connectivity index (χ1n) is 5.16. The van der Waals surface area contributed by atoms with Crippen LogP contribution in [0.15, 0.2) is 41.3 Å². The van der Waals surface area contributed by atoms with Gasteiger partial charge < -0.3 is 14.5 Å². The molecule has 4 nitrogen and oxygen atoms in total. The first kappa shape index (κ1) is 11.3. The van der Waals surface area contributed by atoms with Crippen LogP contribution in [0, 0.1) is 0 Å². The van der Waals surface area contributed by atoms with Gasteiger partial charge in [-0.15, -0.1) is 0 Å². The summed E-state index contributed by atoms with van der Waals surface area (Å²) in [7, 11) is 3.18. The fourth-order valence-electron chi connectivity index (χ4n) is 1.69.